The van der Waals surface area contributed by atoms with E-state index in [4.69, 9.17) is 14.2 Å². The van der Waals surface area contributed by atoms with Gasteiger partial charge in [-0.05, 0) is 38.8 Å². The molecule has 144 valence electrons. The molecule has 0 radical (unpaired) electrons. The Balaban J connectivity index is 3.65. The van der Waals surface area contributed by atoms with Gasteiger partial charge < -0.3 is 14.2 Å². The van der Waals surface area contributed by atoms with Gasteiger partial charge in [0, 0.05) is 0 Å². The van der Waals surface area contributed by atoms with E-state index in [0.29, 0.717) is 13.2 Å². The van der Waals surface area contributed by atoms with Gasteiger partial charge in [-0.3, -0.25) is 0 Å². The van der Waals surface area contributed by atoms with E-state index in [1.165, 1.54) is 25.7 Å². The Morgan fingerprint density at radius 2 is 1.12 bits per heavy atom. The number of unbranched alkanes of at least 4 members (excludes halogenated alkanes) is 4. The third-order valence-electron chi connectivity index (χ3n) is 3.42. The second kappa shape index (κ2) is 18.9. The first-order valence-corrected chi connectivity index (χ1v) is 9.72. The lowest BCUT2D eigenvalue weighted by Gasteiger charge is -2.18. The van der Waals surface area contributed by atoms with Crippen LogP contribution in [0.15, 0.2) is 49.0 Å². The van der Waals surface area contributed by atoms with E-state index in [2.05, 4.69) is 26.0 Å². The number of ether oxygens (including phenoxy) is 3. The summed E-state index contributed by atoms with van der Waals surface area (Å²) in [5, 5.41) is 0. The highest BCUT2D eigenvalue weighted by Crippen LogP contribution is 2.01. The number of allylic oxidation sites excluding steroid dienone is 6. The fourth-order valence-corrected chi connectivity index (χ4v) is 2.05. The summed E-state index contributed by atoms with van der Waals surface area (Å²) in [5.41, 5.74) is 0. The maximum absolute atomic E-state index is 5.82. The van der Waals surface area contributed by atoms with Crippen LogP contribution in [0, 0.1) is 0 Å². The van der Waals surface area contributed by atoms with E-state index in [1.807, 2.05) is 38.2 Å². The van der Waals surface area contributed by atoms with E-state index in [9.17, 15) is 0 Å². The van der Waals surface area contributed by atoms with Crippen LogP contribution in [0.25, 0.3) is 0 Å². The zero-order valence-electron chi connectivity index (χ0n) is 16.7. The van der Waals surface area contributed by atoms with Crippen molar-refractivity contribution in [3.63, 3.8) is 0 Å². The predicted molar refractivity (Wildman–Crippen MR) is 108 cm³/mol. The molecule has 0 aliphatic heterocycles. The van der Waals surface area contributed by atoms with E-state index in [0.717, 1.165) is 12.8 Å². The Morgan fingerprint density at radius 3 is 1.52 bits per heavy atom. The van der Waals surface area contributed by atoms with Crippen molar-refractivity contribution in [1.82, 2.24) is 0 Å². The van der Waals surface area contributed by atoms with Crippen LogP contribution in [-0.4, -0.2) is 25.4 Å². The molecule has 0 spiro atoms. The van der Waals surface area contributed by atoms with Gasteiger partial charge in [0.15, 0.2) is 0 Å². The molecule has 0 aliphatic carbocycles. The average molecular weight is 351 g/mol. The molecule has 2 unspecified atom stereocenters. The molecular formula is C22H38O3. The van der Waals surface area contributed by atoms with Gasteiger partial charge in [-0.15, -0.1) is 0 Å². The Kier molecular flexibility index (Phi) is 17.7. The summed E-state index contributed by atoms with van der Waals surface area (Å²) in [4.78, 5) is 0. The van der Waals surface area contributed by atoms with Gasteiger partial charge >= 0.3 is 0 Å². The standard InChI is InChI=1S/C22H38O3/c1-5-7-9-11-13-15-17-23-19-21(3)25-22(4)20-24-18-16-14-12-10-8-6-2/h11-18,21-22H,5-10,19-20H2,1-4H3. The Labute approximate surface area is 155 Å². The van der Waals surface area contributed by atoms with Gasteiger partial charge in [-0.1, -0.05) is 63.8 Å². The maximum atomic E-state index is 5.82. The molecule has 0 aromatic carbocycles. The summed E-state index contributed by atoms with van der Waals surface area (Å²) in [7, 11) is 0. The second-order valence-electron chi connectivity index (χ2n) is 6.22. The minimum atomic E-state index is 0.0326. The van der Waals surface area contributed by atoms with Crippen molar-refractivity contribution in [1.29, 1.82) is 0 Å². The lowest BCUT2D eigenvalue weighted by atomic mass is 10.2. The average Bonchev–Trinajstić information content (AvgIpc) is 2.59. The van der Waals surface area contributed by atoms with Crippen LogP contribution in [0.5, 0.6) is 0 Å². The molecule has 3 nitrogen and oxygen atoms in total. The zero-order chi connectivity index (χ0) is 18.6. The molecule has 2 atom stereocenters. The van der Waals surface area contributed by atoms with Gasteiger partial charge in [-0.2, -0.15) is 0 Å². The number of rotatable bonds is 16. The quantitative estimate of drug-likeness (QED) is 0.185. The SMILES string of the molecule is CCCCC=CC=COCC(C)OC(C)COC=CC=CCCCC. The van der Waals surface area contributed by atoms with E-state index >= 15 is 0 Å². The van der Waals surface area contributed by atoms with Crippen LogP contribution in [-0.2, 0) is 14.2 Å². The summed E-state index contributed by atoms with van der Waals surface area (Å²) in [6.07, 6.45) is 22.9. The molecule has 0 aliphatic rings. The van der Waals surface area contributed by atoms with Crippen molar-refractivity contribution in [2.45, 2.75) is 78.4 Å². The van der Waals surface area contributed by atoms with Gasteiger partial charge in [0.25, 0.3) is 0 Å². The molecule has 0 rings (SSSR count). The summed E-state index contributed by atoms with van der Waals surface area (Å²) in [5.74, 6) is 0. The monoisotopic (exact) mass is 350 g/mol. The van der Waals surface area contributed by atoms with Gasteiger partial charge in [0.1, 0.15) is 13.2 Å². The smallest absolute Gasteiger partial charge is 0.113 e. The van der Waals surface area contributed by atoms with E-state index in [1.54, 1.807) is 12.5 Å². The molecule has 0 saturated heterocycles. The van der Waals surface area contributed by atoms with Crippen LogP contribution < -0.4 is 0 Å². The third-order valence-corrected chi connectivity index (χ3v) is 3.42. The van der Waals surface area contributed by atoms with Crippen LogP contribution >= 0.6 is 0 Å². The Morgan fingerprint density at radius 1 is 0.680 bits per heavy atom. The summed E-state index contributed by atoms with van der Waals surface area (Å²) in [6.45, 7) is 9.49. The van der Waals surface area contributed by atoms with Crippen molar-refractivity contribution < 1.29 is 14.2 Å². The van der Waals surface area contributed by atoms with Gasteiger partial charge in [0.2, 0.25) is 0 Å². The van der Waals surface area contributed by atoms with Crippen molar-refractivity contribution in [2.24, 2.45) is 0 Å². The fourth-order valence-electron chi connectivity index (χ4n) is 2.05. The lowest BCUT2D eigenvalue weighted by molar-refractivity contribution is -0.0469. The van der Waals surface area contributed by atoms with E-state index < -0.39 is 0 Å². The molecular weight excluding hydrogens is 312 g/mol. The Hall–Kier alpha value is -1.48. The molecule has 0 heterocycles. The molecule has 0 N–H and O–H groups in total. The predicted octanol–water partition coefficient (Wildman–Crippen LogP) is 6.33. The molecule has 0 aromatic heterocycles. The molecule has 0 saturated carbocycles. The molecule has 0 aromatic rings. The minimum absolute atomic E-state index is 0.0326. The van der Waals surface area contributed by atoms with Crippen LogP contribution in [0.1, 0.15) is 66.2 Å². The lowest BCUT2D eigenvalue weighted by Crippen LogP contribution is -2.24. The summed E-state index contributed by atoms with van der Waals surface area (Å²) >= 11 is 0. The van der Waals surface area contributed by atoms with Crippen molar-refractivity contribution in [2.75, 3.05) is 13.2 Å². The first kappa shape index (κ1) is 23.5. The van der Waals surface area contributed by atoms with Crippen molar-refractivity contribution >= 4 is 0 Å². The van der Waals surface area contributed by atoms with Crippen LogP contribution in [0.3, 0.4) is 0 Å². The molecule has 3 heteroatoms. The van der Waals surface area contributed by atoms with Crippen LogP contribution in [0.2, 0.25) is 0 Å². The van der Waals surface area contributed by atoms with Crippen molar-refractivity contribution in [3.05, 3.63) is 49.0 Å². The third kappa shape index (κ3) is 18.7. The van der Waals surface area contributed by atoms with Gasteiger partial charge in [-0.25, -0.2) is 0 Å². The first-order chi connectivity index (χ1) is 12.2. The minimum Gasteiger partial charge on any atom is -0.499 e. The van der Waals surface area contributed by atoms with Crippen LogP contribution in [0.4, 0.5) is 0 Å². The first-order valence-electron chi connectivity index (χ1n) is 9.72. The van der Waals surface area contributed by atoms with Crippen molar-refractivity contribution in [3.8, 4) is 0 Å². The highest BCUT2D eigenvalue weighted by Gasteiger charge is 2.08. The maximum Gasteiger partial charge on any atom is 0.113 e. The van der Waals surface area contributed by atoms with Gasteiger partial charge in [0.05, 0.1) is 24.7 Å². The second-order valence-corrected chi connectivity index (χ2v) is 6.22. The molecule has 0 amide bonds. The largest absolute Gasteiger partial charge is 0.499 e. The zero-order valence-corrected chi connectivity index (χ0v) is 16.7. The fraction of sp³-hybridized carbons (Fsp3) is 0.636. The summed E-state index contributed by atoms with van der Waals surface area (Å²) in [6, 6.07) is 0. The molecule has 0 fully saturated rings. The molecule has 0 bridgehead atoms. The molecule has 25 heavy (non-hydrogen) atoms. The van der Waals surface area contributed by atoms with E-state index in [-0.39, 0.29) is 12.2 Å². The normalized spacial score (nSPS) is 14.9. The highest BCUT2D eigenvalue weighted by atomic mass is 16.6. The number of hydrogen-bond acceptors (Lipinski definition) is 3. The highest BCUT2D eigenvalue weighted by molar-refractivity contribution is 5.00. The number of hydrogen-bond donors (Lipinski definition) is 0. The Bertz CT molecular complexity index is 347. The summed E-state index contributed by atoms with van der Waals surface area (Å²) < 4.78 is 16.8. The topological polar surface area (TPSA) is 27.7 Å².